The summed E-state index contributed by atoms with van der Waals surface area (Å²) in [5.74, 6) is 0.326. The van der Waals surface area contributed by atoms with Crippen LogP contribution in [0.4, 0.5) is 0 Å². The Morgan fingerprint density at radius 2 is 1.63 bits per heavy atom. The second kappa shape index (κ2) is 4.43. The SMILES string of the molecule is N#Cc1c(-c2ccccc2)oc2ccccc2c1=O. The number of benzene rings is 2. The molecule has 0 aliphatic carbocycles. The molecule has 2 aromatic carbocycles. The standard InChI is InChI=1S/C16H9NO2/c17-10-13-15(18)12-8-4-5-9-14(12)19-16(13)11-6-2-1-3-7-11/h1-9H. The molecule has 0 radical (unpaired) electrons. The van der Waals surface area contributed by atoms with Gasteiger partial charge in [-0.15, -0.1) is 0 Å². The van der Waals surface area contributed by atoms with Gasteiger partial charge >= 0.3 is 0 Å². The van der Waals surface area contributed by atoms with Crippen LogP contribution in [0.2, 0.25) is 0 Å². The van der Waals surface area contributed by atoms with Gasteiger partial charge in [-0.3, -0.25) is 4.79 Å². The maximum atomic E-state index is 12.3. The van der Waals surface area contributed by atoms with E-state index in [4.69, 9.17) is 4.42 Å². The van der Waals surface area contributed by atoms with Crippen LogP contribution in [0, 0.1) is 11.3 Å². The highest BCUT2D eigenvalue weighted by Gasteiger charge is 2.14. The van der Waals surface area contributed by atoms with Gasteiger partial charge in [0.15, 0.2) is 5.76 Å². The minimum Gasteiger partial charge on any atom is -0.454 e. The van der Waals surface area contributed by atoms with Crippen molar-refractivity contribution in [3.63, 3.8) is 0 Å². The van der Waals surface area contributed by atoms with Crippen molar-refractivity contribution < 1.29 is 4.42 Å². The van der Waals surface area contributed by atoms with Gasteiger partial charge in [0.2, 0.25) is 5.43 Å². The van der Waals surface area contributed by atoms with Crippen molar-refractivity contribution in [1.29, 1.82) is 5.26 Å². The van der Waals surface area contributed by atoms with E-state index in [1.54, 1.807) is 24.3 Å². The van der Waals surface area contributed by atoms with Gasteiger partial charge in [-0.25, -0.2) is 0 Å². The third-order valence-electron chi connectivity index (χ3n) is 2.95. The highest BCUT2D eigenvalue weighted by atomic mass is 16.3. The fourth-order valence-electron chi connectivity index (χ4n) is 2.04. The average molecular weight is 247 g/mol. The first-order valence-corrected chi connectivity index (χ1v) is 5.82. The van der Waals surface area contributed by atoms with Crippen LogP contribution in [-0.2, 0) is 0 Å². The van der Waals surface area contributed by atoms with Crippen LogP contribution in [0.5, 0.6) is 0 Å². The molecule has 3 rings (SSSR count). The first-order chi connectivity index (χ1) is 9.31. The average Bonchev–Trinajstić information content (AvgIpc) is 2.48. The van der Waals surface area contributed by atoms with E-state index in [9.17, 15) is 10.1 Å². The molecule has 0 atom stereocenters. The lowest BCUT2D eigenvalue weighted by atomic mass is 10.1. The van der Waals surface area contributed by atoms with Crippen LogP contribution < -0.4 is 5.43 Å². The number of nitrogens with zero attached hydrogens (tertiary/aromatic N) is 1. The van der Waals surface area contributed by atoms with Gasteiger partial charge < -0.3 is 4.42 Å². The van der Waals surface area contributed by atoms with Crippen molar-refractivity contribution in [3.8, 4) is 17.4 Å². The van der Waals surface area contributed by atoms with Crippen molar-refractivity contribution in [2.24, 2.45) is 0 Å². The largest absolute Gasteiger partial charge is 0.454 e. The minimum atomic E-state index is -0.289. The second-order valence-electron chi connectivity index (χ2n) is 4.11. The predicted octanol–water partition coefficient (Wildman–Crippen LogP) is 3.33. The van der Waals surface area contributed by atoms with Crippen molar-refractivity contribution >= 4 is 11.0 Å². The van der Waals surface area contributed by atoms with Crippen LogP contribution >= 0.6 is 0 Å². The molecule has 0 fully saturated rings. The first kappa shape index (κ1) is 11.2. The molecule has 3 heteroatoms. The Morgan fingerprint density at radius 1 is 0.947 bits per heavy atom. The molecule has 0 unspecified atom stereocenters. The zero-order valence-electron chi connectivity index (χ0n) is 9.96. The summed E-state index contributed by atoms with van der Waals surface area (Å²) in [6.07, 6.45) is 0. The van der Waals surface area contributed by atoms with Gasteiger partial charge in [-0.05, 0) is 12.1 Å². The quantitative estimate of drug-likeness (QED) is 0.662. The normalized spacial score (nSPS) is 10.3. The first-order valence-electron chi connectivity index (χ1n) is 5.82. The van der Waals surface area contributed by atoms with Crippen molar-refractivity contribution in [1.82, 2.24) is 0 Å². The molecule has 0 aliphatic rings. The summed E-state index contributed by atoms with van der Waals surface area (Å²) in [6.45, 7) is 0. The van der Waals surface area contributed by atoms with Crippen molar-refractivity contribution in [2.75, 3.05) is 0 Å². The van der Waals surface area contributed by atoms with Gasteiger partial charge in [-0.2, -0.15) is 5.26 Å². The Kier molecular flexibility index (Phi) is 2.62. The third-order valence-corrected chi connectivity index (χ3v) is 2.95. The Morgan fingerprint density at radius 3 is 2.37 bits per heavy atom. The van der Waals surface area contributed by atoms with Crippen LogP contribution in [0.25, 0.3) is 22.3 Å². The Labute approximate surface area is 109 Å². The van der Waals surface area contributed by atoms with Crippen molar-refractivity contribution in [3.05, 3.63) is 70.4 Å². The van der Waals surface area contributed by atoms with Crippen molar-refractivity contribution in [2.45, 2.75) is 0 Å². The van der Waals surface area contributed by atoms with Gasteiger partial charge in [0.1, 0.15) is 17.2 Å². The van der Waals surface area contributed by atoms with Gasteiger partial charge in [0, 0.05) is 5.56 Å². The molecule has 0 amide bonds. The summed E-state index contributed by atoms with van der Waals surface area (Å²) in [6, 6.07) is 18.1. The zero-order valence-corrected chi connectivity index (χ0v) is 9.96. The molecule has 0 spiro atoms. The molecule has 1 heterocycles. The molecule has 0 saturated heterocycles. The van der Waals surface area contributed by atoms with E-state index in [0.29, 0.717) is 16.7 Å². The molecule has 1 aromatic heterocycles. The molecule has 0 saturated carbocycles. The van der Waals surface area contributed by atoms with Crippen LogP contribution in [0.1, 0.15) is 5.56 Å². The van der Waals surface area contributed by atoms with E-state index in [1.807, 2.05) is 36.4 Å². The van der Waals surface area contributed by atoms with Gasteiger partial charge in [0.25, 0.3) is 0 Å². The Balaban J connectivity index is 2.44. The number of para-hydroxylation sites is 1. The monoisotopic (exact) mass is 247 g/mol. The summed E-state index contributed by atoms with van der Waals surface area (Å²) in [5.41, 5.74) is 0.973. The van der Waals surface area contributed by atoms with E-state index < -0.39 is 0 Å². The summed E-state index contributed by atoms with van der Waals surface area (Å²) in [7, 11) is 0. The Hall–Kier alpha value is -2.86. The van der Waals surface area contributed by atoms with E-state index in [0.717, 1.165) is 5.56 Å². The fraction of sp³-hybridized carbons (Fsp3) is 0. The Bertz CT molecular complexity index is 842. The molecule has 0 aliphatic heterocycles. The zero-order chi connectivity index (χ0) is 13.2. The lowest BCUT2D eigenvalue weighted by Crippen LogP contribution is -2.07. The van der Waals surface area contributed by atoms with Crippen LogP contribution in [-0.4, -0.2) is 0 Å². The van der Waals surface area contributed by atoms with E-state index in [1.165, 1.54) is 0 Å². The number of rotatable bonds is 1. The summed E-state index contributed by atoms with van der Waals surface area (Å²) >= 11 is 0. The highest BCUT2D eigenvalue weighted by molar-refractivity contribution is 5.81. The lowest BCUT2D eigenvalue weighted by Gasteiger charge is -2.05. The lowest BCUT2D eigenvalue weighted by molar-refractivity contribution is 0.617. The molecule has 90 valence electrons. The highest BCUT2D eigenvalue weighted by Crippen LogP contribution is 2.25. The molecule has 3 nitrogen and oxygen atoms in total. The number of nitriles is 1. The molecule has 0 N–H and O–H groups in total. The number of hydrogen-bond donors (Lipinski definition) is 0. The molecule has 0 bridgehead atoms. The summed E-state index contributed by atoms with van der Waals surface area (Å²) in [5, 5.41) is 9.64. The summed E-state index contributed by atoms with van der Waals surface area (Å²) in [4.78, 5) is 12.3. The minimum absolute atomic E-state index is 0.0462. The van der Waals surface area contributed by atoms with Gasteiger partial charge in [0.05, 0.1) is 5.39 Å². The third kappa shape index (κ3) is 1.80. The molecular weight excluding hydrogens is 238 g/mol. The maximum absolute atomic E-state index is 12.3. The molecule has 19 heavy (non-hydrogen) atoms. The summed E-state index contributed by atoms with van der Waals surface area (Å²) < 4.78 is 5.73. The van der Waals surface area contributed by atoms with Crippen LogP contribution in [0.15, 0.2) is 63.8 Å². The predicted molar refractivity (Wildman–Crippen MR) is 72.6 cm³/mol. The van der Waals surface area contributed by atoms with E-state index in [2.05, 4.69) is 0 Å². The number of fused-ring (bicyclic) bond motifs is 1. The van der Waals surface area contributed by atoms with E-state index in [-0.39, 0.29) is 11.0 Å². The maximum Gasteiger partial charge on any atom is 0.211 e. The number of hydrogen-bond acceptors (Lipinski definition) is 3. The van der Waals surface area contributed by atoms with E-state index >= 15 is 0 Å². The fourth-order valence-corrected chi connectivity index (χ4v) is 2.04. The second-order valence-corrected chi connectivity index (χ2v) is 4.11. The van der Waals surface area contributed by atoms with Gasteiger partial charge in [-0.1, -0.05) is 42.5 Å². The molecular formula is C16H9NO2. The van der Waals surface area contributed by atoms with Crippen LogP contribution in [0.3, 0.4) is 0 Å². The smallest absolute Gasteiger partial charge is 0.211 e. The topological polar surface area (TPSA) is 54.0 Å². The molecule has 3 aromatic rings.